The predicted octanol–water partition coefficient (Wildman–Crippen LogP) is 2.55. The maximum atomic E-state index is 11.4. The molecule has 0 aromatic carbocycles. The normalized spacial score (nSPS) is 14.0. The number of aliphatic hydroxyl groups is 1. The molecule has 0 heterocycles. The molecule has 0 saturated carbocycles. The Balaban J connectivity index is 0. The summed E-state index contributed by atoms with van der Waals surface area (Å²) in [5, 5.41) is 8.93. The fourth-order valence-corrected chi connectivity index (χ4v) is 4.26. The van der Waals surface area contributed by atoms with Crippen LogP contribution >= 0.6 is 0 Å². The van der Waals surface area contributed by atoms with Crippen LogP contribution in [0.25, 0.3) is 0 Å². The minimum Gasteiger partial charge on any atom is -0.748 e. The Kier molecular flexibility index (Phi) is 21.5. The van der Waals surface area contributed by atoms with Gasteiger partial charge in [-0.3, -0.25) is 0 Å². The van der Waals surface area contributed by atoms with E-state index >= 15 is 0 Å². The SMILES string of the molecule is CCCCCCCCCCCCC(CCCC(O)CCC)S(=O)(=O)[O-].[Na+]. The van der Waals surface area contributed by atoms with Gasteiger partial charge in [-0.05, 0) is 32.1 Å². The summed E-state index contributed by atoms with van der Waals surface area (Å²) in [7, 11) is -4.22. The van der Waals surface area contributed by atoms with Crippen LogP contribution in [0.2, 0.25) is 0 Å². The molecule has 0 aliphatic carbocycles. The summed E-state index contributed by atoms with van der Waals surface area (Å²) in [5.41, 5.74) is 0. The van der Waals surface area contributed by atoms with E-state index in [0.29, 0.717) is 25.7 Å². The molecule has 26 heavy (non-hydrogen) atoms. The van der Waals surface area contributed by atoms with E-state index in [9.17, 15) is 18.1 Å². The summed E-state index contributed by atoms with van der Waals surface area (Å²) in [5.74, 6) is 0. The van der Waals surface area contributed by atoms with Crippen molar-refractivity contribution in [2.24, 2.45) is 0 Å². The Morgan fingerprint density at radius 3 is 1.62 bits per heavy atom. The first-order valence-electron chi connectivity index (χ1n) is 10.5. The van der Waals surface area contributed by atoms with E-state index in [1.165, 1.54) is 44.9 Å². The van der Waals surface area contributed by atoms with Crippen LogP contribution in [0.3, 0.4) is 0 Å². The zero-order chi connectivity index (χ0) is 19.0. The number of unbranched alkanes of at least 4 members (excludes halogenated alkanes) is 9. The van der Waals surface area contributed by atoms with Gasteiger partial charge in [0, 0.05) is 5.25 Å². The topological polar surface area (TPSA) is 77.4 Å². The van der Waals surface area contributed by atoms with E-state index in [-0.39, 0.29) is 35.7 Å². The first-order valence-corrected chi connectivity index (χ1v) is 12.0. The second-order valence-electron chi connectivity index (χ2n) is 7.46. The number of hydrogen-bond acceptors (Lipinski definition) is 4. The van der Waals surface area contributed by atoms with Crippen molar-refractivity contribution >= 4 is 10.1 Å². The van der Waals surface area contributed by atoms with Gasteiger partial charge in [0.05, 0.1) is 16.2 Å². The molecular weight excluding hydrogens is 359 g/mol. The van der Waals surface area contributed by atoms with Crippen molar-refractivity contribution in [3.8, 4) is 0 Å². The summed E-state index contributed by atoms with van der Waals surface area (Å²) in [6, 6.07) is 0. The Morgan fingerprint density at radius 1 is 0.692 bits per heavy atom. The average molecular weight is 401 g/mol. The Bertz CT molecular complexity index is 387. The molecule has 6 heteroatoms. The fourth-order valence-electron chi connectivity index (χ4n) is 3.35. The number of rotatable bonds is 18. The maximum absolute atomic E-state index is 11.4. The van der Waals surface area contributed by atoms with Crippen molar-refractivity contribution in [1.82, 2.24) is 0 Å². The summed E-state index contributed by atoms with van der Waals surface area (Å²) < 4.78 is 34.2. The van der Waals surface area contributed by atoms with E-state index in [4.69, 9.17) is 0 Å². The van der Waals surface area contributed by atoms with Crippen LogP contribution in [-0.2, 0) is 10.1 Å². The van der Waals surface area contributed by atoms with Crippen LogP contribution in [0.1, 0.15) is 117 Å². The molecule has 152 valence electrons. The average Bonchev–Trinajstić information content (AvgIpc) is 2.54. The van der Waals surface area contributed by atoms with Gasteiger partial charge in [0.15, 0.2) is 0 Å². The van der Waals surface area contributed by atoms with Gasteiger partial charge < -0.3 is 9.66 Å². The van der Waals surface area contributed by atoms with Crippen LogP contribution < -0.4 is 29.6 Å². The van der Waals surface area contributed by atoms with Gasteiger partial charge in [-0.1, -0.05) is 84.5 Å². The van der Waals surface area contributed by atoms with E-state index in [1.807, 2.05) is 6.92 Å². The van der Waals surface area contributed by atoms with Crippen LogP contribution in [-0.4, -0.2) is 29.4 Å². The van der Waals surface area contributed by atoms with Crippen molar-refractivity contribution in [3.63, 3.8) is 0 Å². The van der Waals surface area contributed by atoms with Crippen LogP contribution in [0.4, 0.5) is 0 Å². The first-order chi connectivity index (χ1) is 11.9. The molecule has 1 N–H and O–H groups in total. The smallest absolute Gasteiger partial charge is 0.748 e. The van der Waals surface area contributed by atoms with Crippen molar-refractivity contribution in [2.75, 3.05) is 0 Å². The van der Waals surface area contributed by atoms with Crippen molar-refractivity contribution < 1.29 is 47.6 Å². The van der Waals surface area contributed by atoms with Gasteiger partial charge in [-0.15, -0.1) is 0 Å². The van der Waals surface area contributed by atoms with Gasteiger partial charge in [-0.25, -0.2) is 8.42 Å². The molecule has 0 amide bonds. The minimum absolute atomic E-state index is 0. The molecule has 2 atom stereocenters. The first kappa shape index (κ1) is 29.1. The zero-order valence-electron chi connectivity index (χ0n) is 17.5. The molecule has 0 spiro atoms. The fraction of sp³-hybridized carbons (Fsp3) is 1.00. The monoisotopic (exact) mass is 400 g/mol. The molecule has 4 nitrogen and oxygen atoms in total. The van der Waals surface area contributed by atoms with E-state index in [1.54, 1.807) is 0 Å². The molecule has 0 aromatic heterocycles. The molecule has 0 radical (unpaired) electrons. The third-order valence-corrected chi connectivity index (χ3v) is 6.26. The third kappa shape index (κ3) is 18.2. The molecule has 0 aliphatic rings. The standard InChI is InChI=1S/C20H42O4S.Na/c1-3-5-6-7-8-9-10-11-12-13-17-20(25(22,23)24)18-14-16-19(21)15-4-2;/h19-21H,3-18H2,1-2H3,(H,22,23,24);/q;+1/p-1. The van der Waals surface area contributed by atoms with Crippen LogP contribution in [0.5, 0.6) is 0 Å². The molecule has 2 unspecified atom stereocenters. The van der Waals surface area contributed by atoms with E-state index in [2.05, 4.69) is 6.92 Å². The van der Waals surface area contributed by atoms with Crippen molar-refractivity contribution in [2.45, 2.75) is 128 Å². The van der Waals surface area contributed by atoms with Crippen molar-refractivity contribution in [1.29, 1.82) is 0 Å². The number of hydrogen-bond donors (Lipinski definition) is 1. The molecule has 0 aliphatic heterocycles. The molecule has 0 saturated heterocycles. The summed E-state index contributed by atoms with van der Waals surface area (Å²) in [6.07, 6.45) is 15.4. The Hall–Kier alpha value is 0.870. The molecule has 0 bridgehead atoms. The Morgan fingerprint density at radius 2 is 1.15 bits per heavy atom. The molecular formula is C20H41NaO4S. The number of aliphatic hydroxyl groups excluding tert-OH is 1. The quantitative estimate of drug-likeness (QED) is 0.218. The second-order valence-corrected chi connectivity index (χ2v) is 9.11. The maximum Gasteiger partial charge on any atom is 1.00 e. The predicted molar refractivity (Wildman–Crippen MR) is 105 cm³/mol. The van der Waals surface area contributed by atoms with Gasteiger partial charge in [-0.2, -0.15) is 0 Å². The second kappa shape index (κ2) is 19.2. The van der Waals surface area contributed by atoms with Gasteiger partial charge >= 0.3 is 29.6 Å². The van der Waals surface area contributed by atoms with E-state index in [0.717, 1.165) is 32.1 Å². The van der Waals surface area contributed by atoms with Gasteiger partial charge in [0.2, 0.25) is 0 Å². The van der Waals surface area contributed by atoms with Crippen LogP contribution in [0, 0.1) is 0 Å². The molecule has 0 aromatic rings. The zero-order valence-corrected chi connectivity index (χ0v) is 20.4. The summed E-state index contributed by atoms with van der Waals surface area (Å²) in [4.78, 5) is 0. The minimum atomic E-state index is -4.22. The van der Waals surface area contributed by atoms with Crippen molar-refractivity contribution in [3.05, 3.63) is 0 Å². The Labute approximate surface area is 185 Å². The molecule has 0 fully saturated rings. The van der Waals surface area contributed by atoms with E-state index < -0.39 is 15.4 Å². The molecule has 0 rings (SSSR count). The van der Waals surface area contributed by atoms with Crippen LogP contribution in [0.15, 0.2) is 0 Å². The van der Waals surface area contributed by atoms with Gasteiger partial charge in [0.25, 0.3) is 0 Å². The van der Waals surface area contributed by atoms with Gasteiger partial charge in [0.1, 0.15) is 0 Å². The third-order valence-electron chi connectivity index (χ3n) is 4.97. The largest absolute Gasteiger partial charge is 1.00 e. The summed E-state index contributed by atoms with van der Waals surface area (Å²) in [6.45, 7) is 4.24. The summed E-state index contributed by atoms with van der Waals surface area (Å²) >= 11 is 0.